The van der Waals surface area contributed by atoms with Gasteiger partial charge in [-0.2, -0.15) is 5.10 Å². The molecule has 1 amide bonds. The number of benzene rings is 3. The third kappa shape index (κ3) is 3.72. The van der Waals surface area contributed by atoms with E-state index in [-0.39, 0.29) is 11.4 Å². The zero-order valence-electron chi connectivity index (χ0n) is 16.7. The largest absolute Gasteiger partial charge is 0.318 e. The zero-order valence-corrected chi connectivity index (χ0v) is 17.4. The van der Waals surface area contributed by atoms with Crippen molar-refractivity contribution in [3.8, 4) is 22.5 Å². The number of nitrogens with one attached hydrogen (secondary N) is 1. The van der Waals surface area contributed by atoms with Gasteiger partial charge >= 0.3 is 0 Å². The van der Waals surface area contributed by atoms with Crippen LogP contribution in [0.25, 0.3) is 28.2 Å². The molecule has 0 aliphatic carbocycles. The molecule has 0 aliphatic rings. The first-order valence-corrected chi connectivity index (χ1v) is 10.2. The second-order valence-corrected chi connectivity index (χ2v) is 7.51. The standard InChI is InChI=1S/C25H16ClFN4O/c26-18-11-5-4-10-17(18)22-14-23(25(32)29-20-13-7-6-12-19(20)27)31-24(28-22)15-21(30-31)16-8-2-1-3-9-16/h1-15H,(H,29,32). The number of nitrogens with zero attached hydrogens (tertiary/aromatic N) is 3. The van der Waals surface area contributed by atoms with Gasteiger partial charge in [0.1, 0.15) is 11.5 Å². The van der Waals surface area contributed by atoms with E-state index < -0.39 is 11.7 Å². The van der Waals surface area contributed by atoms with Crippen molar-refractivity contribution >= 4 is 28.8 Å². The molecule has 0 atom stereocenters. The summed E-state index contributed by atoms with van der Waals surface area (Å²) in [5, 5.41) is 7.72. The van der Waals surface area contributed by atoms with E-state index in [1.54, 1.807) is 30.3 Å². The van der Waals surface area contributed by atoms with Crippen LogP contribution in [0.3, 0.4) is 0 Å². The van der Waals surface area contributed by atoms with Crippen LogP contribution in [0.2, 0.25) is 5.02 Å². The topological polar surface area (TPSA) is 59.3 Å². The normalized spacial score (nSPS) is 10.9. The van der Waals surface area contributed by atoms with E-state index in [1.807, 2.05) is 48.5 Å². The van der Waals surface area contributed by atoms with Gasteiger partial charge in [0.25, 0.3) is 5.91 Å². The first-order valence-electron chi connectivity index (χ1n) is 9.87. The second-order valence-electron chi connectivity index (χ2n) is 7.11. The lowest BCUT2D eigenvalue weighted by molar-refractivity contribution is 0.101. The predicted octanol–water partition coefficient (Wildman–Crippen LogP) is 6.11. The first-order chi connectivity index (χ1) is 15.6. The minimum absolute atomic E-state index is 0.0807. The van der Waals surface area contributed by atoms with Gasteiger partial charge in [0.2, 0.25) is 0 Å². The molecule has 2 aromatic heterocycles. The number of carbonyl (C=O) groups excluding carboxylic acids is 1. The van der Waals surface area contributed by atoms with E-state index in [0.29, 0.717) is 27.6 Å². The van der Waals surface area contributed by atoms with Gasteiger partial charge in [-0.25, -0.2) is 13.9 Å². The molecule has 2 heterocycles. The van der Waals surface area contributed by atoms with E-state index in [4.69, 9.17) is 11.6 Å². The van der Waals surface area contributed by atoms with Crippen molar-refractivity contribution in [1.29, 1.82) is 0 Å². The summed E-state index contributed by atoms with van der Waals surface area (Å²) in [4.78, 5) is 17.9. The Labute approximate surface area is 188 Å². The number of hydrogen-bond donors (Lipinski definition) is 1. The van der Waals surface area contributed by atoms with Gasteiger partial charge in [0.15, 0.2) is 5.65 Å². The number of halogens is 2. The lowest BCUT2D eigenvalue weighted by Crippen LogP contribution is -2.18. The molecule has 5 rings (SSSR count). The van der Waals surface area contributed by atoms with Crippen molar-refractivity contribution in [1.82, 2.24) is 14.6 Å². The lowest BCUT2D eigenvalue weighted by atomic mass is 10.1. The Balaban J connectivity index is 1.68. The molecule has 0 saturated heterocycles. The van der Waals surface area contributed by atoms with Crippen molar-refractivity contribution < 1.29 is 9.18 Å². The van der Waals surface area contributed by atoms with E-state index in [2.05, 4.69) is 15.4 Å². The van der Waals surface area contributed by atoms with Crippen LogP contribution >= 0.6 is 11.6 Å². The van der Waals surface area contributed by atoms with Crippen LogP contribution in [0.15, 0.2) is 91.0 Å². The highest BCUT2D eigenvalue weighted by molar-refractivity contribution is 6.33. The number of aromatic nitrogens is 3. The molecule has 3 aromatic carbocycles. The number of anilines is 1. The molecule has 5 nitrogen and oxygen atoms in total. The van der Waals surface area contributed by atoms with Gasteiger partial charge in [0.05, 0.1) is 17.1 Å². The Morgan fingerprint density at radius 1 is 0.875 bits per heavy atom. The number of fused-ring (bicyclic) bond motifs is 1. The molecule has 0 aliphatic heterocycles. The Morgan fingerprint density at radius 2 is 1.59 bits per heavy atom. The van der Waals surface area contributed by atoms with Crippen molar-refractivity contribution in [2.75, 3.05) is 5.32 Å². The molecule has 7 heteroatoms. The fraction of sp³-hybridized carbons (Fsp3) is 0. The summed E-state index contributed by atoms with van der Waals surface area (Å²) >= 11 is 6.38. The van der Waals surface area contributed by atoms with E-state index in [1.165, 1.54) is 16.6 Å². The summed E-state index contributed by atoms with van der Waals surface area (Å²) < 4.78 is 15.6. The Morgan fingerprint density at radius 3 is 2.38 bits per heavy atom. The highest BCUT2D eigenvalue weighted by Gasteiger charge is 2.19. The maximum atomic E-state index is 14.1. The SMILES string of the molecule is O=C(Nc1ccccc1F)c1cc(-c2ccccc2Cl)nc2cc(-c3ccccc3)nn12. The Bertz CT molecular complexity index is 1450. The summed E-state index contributed by atoms with van der Waals surface area (Å²) in [6, 6.07) is 26.2. The van der Waals surface area contributed by atoms with Crippen molar-refractivity contribution in [3.63, 3.8) is 0 Å². The molecule has 0 spiro atoms. The number of rotatable bonds is 4. The maximum Gasteiger partial charge on any atom is 0.274 e. The molecule has 0 bridgehead atoms. The number of para-hydroxylation sites is 1. The van der Waals surface area contributed by atoms with Gasteiger partial charge in [-0.15, -0.1) is 0 Å². The highest BCUT2D eigenvalue weighted by Crippen LogP contribution is 2.29. The molecule has 5 aromatic rings. The molecule has 0 unspecified atom stereocenters. The van der Waals surface area contributed by atoms with Gasteiger partial charge in [0, 0.05) is 22.2 Å². The molecule has 32 heavy (non-hydrogen) atoms. The van der Waals surface area contributed by atoms with Crippen LogP contribution in [0.1, 0.15) is 10.5 Å². The minimum atomic E-state index is -0.525. The molecular weight excluding hydrogens is 427 g/mol. The van der Waals surface area contributed by atoms with Crippen LogP contribution < -0.4 is 5.32 Å². The molecule has 0 saturated carbocycles. The molecule has 0 radical (unpaired) electrons. The van der Waals surface area contributed by atoms with E-state index in [0.717, 1.165) is 5.56 Å². The van der Waals surface area contributed by atoms with Gasteiger partial charge in [-0.3, -0.25) is 4.79 Å². The fourth-order valence-electron chi connectivity index (χ4n) is 3.44. The maximum absolute atomic E-state index is 14.1. The van der Waals surface area contributed by atoms with Crippen LogP contribution in [0.4, 0.5) is 10.1 Å². The van der Waals surface area contributed by atoms with Crippen molar-refractivity contribution in [3.05, 3.63) is 108 Å². The average molecular weight is 443 g/mol. The predicted molar refractivity (Wildman–Crippen MR) is 123 cm³/mol. The monoisotopic (exact) mass is 442 g/mol. The quantitative estimate of drug-likeness (QED) is 0.365. The fourth-order valence-corrected chi connectivity index (χ4v) is 3.67. The zero-order chi connectivity index (χ0) is 22.1. The summed E-state index contributed by atoms with van der Waals surface area (Å²) in [5.74, 6) is -1.04. The molecule has 156 valence electrons. The summed E-state index contributed by atoms with van der Waals surface area (Å²) in [6.45, 7) is 0. The number of amides is 1. The summed E-state index contributed by atoms with van der Waals surface area (Å²) in [7, 11) is 0. The van der Waals surface area contributed by atoms with Crippen LogP contribution in [-0.2, 0) is 0 Å². The molecule has 1 N–H and O–H groups in total. The smallest absolute Gasteiger partial charge is 0.274 e. The van der Waals surface area contributed by atoms with Gasteiger partial charge in [-0.05, 0) is 24.3 Å². The van der Waals surface area contributed by atoms with Gasteiger partial charge in [-0.1, -0.05) is 72.3 Å². The van der Waals surface area contributed by atoms with Crippen LogP contribution in [0.5, 0.6) is 0 Å². The van der Waals surface area contributed by atoms with Crippen molar-refractivity contribution in [2.45, 2.75) is 0 Å². The average Bonchev–Trinajstić information content (AvgIpc) is 3.25. The Kier molecular flexibility index (Phi) is 5.13. The lowest BCUT2D eigenvalue weighted by Gasteiger charge is -2.10. The first kappa shape index (κ1) is 19.9. The highest BCUT2D eigenvalue weighted by atomic mass is 35.5. The van der Waals surface area contributed by atoms with Crippen LogP contribution in [0, 0.1) is 5.82 Å². The minimum Gasteiger partial charge on any atom is -0.318 e. The van der Waals surface area contributed by atoms with E-state index >= 15 is 0 Å². The summed E-state index contributed by atoms with van der Waals surface area (Å²) in [5.41, 5.74) is 3.50. The second kappa shape index (κ2) is 8.24. The van der Waals surface area contributed by atoms with Crippen molar-refractivity contribution in [2.24, 2.45) is 0 Å². The number of hydrogen-bond acceptors (Lipinski definition) is 3. The van der Waals surface area contributed by atoms with Crippen LogP contribution in [-0.4, -0.2) is 20.5 Å². The van der Waals surface area contributed by atoms with E-state index in [9.17, 15) is 9.18 Å². The van der Waals surface area contributed by atoms with Gasteiger partial charge < -0.3 is 5.32 Å². The molecular formula is C25H16ClFN4O. The summed E-state index contributed by atoms with van der Waals surface area (Å²) in [6.07, 6.45) is 0. The molecule has 0 fully saturated rings. The third-order valence-corrected chi connectivity index (χ3v) is 5.33. The third-order valence-electron chi connectivity index (χ3n) is 5.00. The Hall–Kier alpha value is -4.03. The number of carbonyl (C=O) groups is 1.